The second-order valence-electron chi connectivity index (χ2n) is 11.4. The van der Waals surface area contributed by atoms with Gasteiger partial charge in [-0.2, -0.15) is 5.10 Å². The van der Waals surface area contributed by atoms with Gasteiger partial charge in [-0.3, -0.25) is 19.6 Å². The lowest BCUT2D eigenvalue weighted by Gasteiger charge is -2.12. The van der Waals surface area contributed by atoms with Crippen molar-refractivity contribution in [3.05, 3.63) is 104 Å². The zero-order valence-corrected chi connectivity index (χ0v) is 28.7. The molecule has 9 nitrogen and oxygen atoms in total. The molecule has 0 aliphatic heterocycles. The molecule has 2 N–H and O–H groups in total. The van der Waals surface area contributed by atoms with Gasteiger partial charge in [0.2, 0.25) is 5.91 Å². The van der Waals surface area contributed by atoms with Gasteiger partial charge in [0, 0.05) is 70.0 Å². The standard InChI is InChI=1S/C29H35ClN4O2.C6H5NO2S/c1-17-15-22(16-18(2)28(17)30)36-14-8-11-23-20(4)34(13-12-26(31)35)29-24(23)9-7-10-25(29)27-19(3)32-33(6)21(27)5;8-7(9)5-1-3-6(10)4-2-5/h7,9-10,15-16H,8,11-14H2,1-6H3,(H2,31,35);1-4,10H. The molecule has 0 radical (unpaired) electrons. The summed E-state index contributed by atoms with van der Waals surface area (Å²) in [4.78, 5) is 22.1. The summed E-state index contributed by atoms with van der Waals surface area (Å²) in [6.07, 6.45) is 2.03. The van der Waals surface area contributed by atoms with Gasteiger partial charge in [0.05, 0.1) is 22.7 Å². The lowest BCUT2D eigenvalue weighted by atomic mass is 9.98. The molecule has 0 spiro atoms. The van der Waals surface area contributed by atoms with Crippen LogP contribution in [-0.4, -0.2) is 31.8 Å². The number of amides is 1. The molecule has 2 heterocycles. The first-order chi connectivity index (χ1) is 21.8. The first-order valence-corrected chi connectivity index (χ1v) is 15.8. The van der Waals surface area contributed by atoms with Gasteiger partial charge in [-0.1, -0.05) is 29.8 Å². The Morgan fingerprint density at radius 3 is 2.26 bits per heavy atom. The number of nitrogens with two attached hydrogens (primary N) is 1. The predicted octanol–water partition coefficient (Wildman–Crippen LogP) is 8.01. The number of halogens is 1. The molecule has 0 fully saturated rings. The van der Waals surface area contributed by atoms with Crippen LogP contribution in [0.25, 0.3) is 22.0 Å². The molecule has 0 aliphatic rings. The first-order valence-electron chi connectivity index (χ1n) is 15.0. The van der Waals surface area contributed by atoms with Crippen molar-refractivity contribution in [1.82, 2.24) is 14.3 Å². The van der Waals surface area contributed by atoms with Crippen molar-refractivity contribution in [3.8, 4) is 16.9 Å². The van der Waals surface area contributed by atoms with Crippen LogP contribution in [-0.2, 0) is 24.8 Å². The van der Waals surface area contributed by atoms with Crippen molar-refractivity contribution in [3.63, 3.8) is 0 Å². The zero-order valence-electron chi connectivity index (χ0n) is 27.1. The number of fused-ring (bicyclic) bond motifs is 1. The van der Waals surface area contributed by atoms with E-state index in [4.69, 9.17) is 22.1 Å². The highest BCUT2D eigenvalue weighted by Crippen LogP contribution is 2.37. The fourth-order valence-electron chi connectivity index (χ4n) is 5.79. The van der Waals surface area contributed by atoms with Crippen LogP contribution in [0, 0.1) is 44.7 Å². The van der Waals surface area contributed by atoms with E-state index in [-0.39, 0.29) is 11.6 Å². The number of carbonyl (C=O) groups is 1. The monoisotopic (exact) mass is 661 g/mol. The average molecular weight is 662 g/mol. The quantitative estimate of drug-likeness (QED) is 0.0680. The molecule has 0 atom stereocenters. The molecule has 0 unspecified atom stereocenters. The van der Waals surface area contributed by atoms with Crippen LogP contribution in [0.1, 0.15) is 46.6 Å². The number of aromatic nitrogens is 3. The van der Waals surface area contributed by atoms with Crippen molar-refractivity contribution < 1.29 is 14.5 Å². The van der Waals surface area contributed by atoms with Gasteiger partial charge in [-0.15, -0.1) is 12.6 Å². The normalized spacial score (nSPS) is 11.0. The smallest absolute Gasteiger partial charge is 0.269 e. The molecule has 0 saturated heterocycles. The number of nitro benzene ring substituents is 1. The SMILES string of the molecule is Cc1cc(OCCCc2c(C)n(CCC(N)=O)c3c(-c4c(C)nn(C)c4C)cccc23)cc(C)c1Cl.O=[N+]([O-])c1ccc(S)cc1. The minimum atomic E-state index is -0.437. The molecule has 0 aliphatic carbocycles. The molecule has 5 aromatic rings. The van der Waals surface area contributed by atoms with E-state index in [1.54, 1.807) is 12.1 Å². The number of nitrogens with zero attached hydrogens (tertiary/aromatic N) is 4. The number of hydrogen-bond acceptors (Lipinski definition) is 6. The summed E-state index contributed by atoms with van der Waals surface area (Å²) in [6.45, 7) is 11.4. The van der Waals surface area contributed by atoms with Gasteiger partial charge in [-0.05, 0) is 88.4 Å². The Kier molecular flexibility index (Phi) is 11.2. The van der Waals surface area contributed by atoms with E-state index in [9.17, 15) is 14.9 Å². The van der Waals surface area contributed by atoms with Crippen molar-refractivity contribution in [2.75, 3.05) is 6.61 Å². The van der Waals surface area contributed by atoms with Crippen LogP contribution in [0.4, 0.5) is 5.69 Å². The minimum absolute atomic E-state index is 0.0952. The number of hydrogen-bond donors (Lipinski definition) is 2. The maximum Gasteiger partial charge on any atom is 0.269 e. The fraction of sp³-hybridized carbons (Fsp3) is 0.314. The second kappa shape index (κ2) is 14.9. The number of thiol groups is 1. The number of benzene rings is 3. The highest BCUT2D eigenvalue weighted by atomic mass is 35.5. The average Bonchev–Trinajstić information content (AvgIpc) is 3.42. The van der Waals surface area contributed by atoms with Gasteiger partial charge in [0.1, 0.15) is 5.75 Å². The van der Waals surface area contributed by atoms with Crippen molar-refractivity contribution in [2.45, 2.75) is 65.3 Å². The lowest BCUT2D eigenvalue weighted by Crippen LogP contribution is -2.14. The van der Waals surface area contributed by atoms with Gasteiger partial charge < -0.3 is 15.0 Å². The molecule has 2 aromatic heterocycles. The maximum atomic E-state index is 11.7. The number of aryl methyl sites for hydroxylation is 6. The number of rotatable bonds is 10. The number of nitro groups is 1. The summed E-state index contributed by atoms with van der Waals surface area (Å²) in [5.74, 6) is 0.547. The number of para-hydroxylation sites is 1. The van der Waals surface area contributed by atoms with Crippen LogP contribution in [0.15, 0.2) is 59.5 Å². The summed E-state index contributed by atoms with van der Waals surface area (Å²) in [5.41, 5.74) is 15.6. The van der Waals surface area contributed by atoms with E-state index in [1.165, 1.54) is 23.1 Å². The number of primary amides is 1. The van der Waals surface area contributed by atoms with E-state index in [1.807, 2.05) is 44.6 Å². The number of ether oxygens (including phenoxy) is 1. The number of carbonyl (C=O) groups excluding carboxylic acids is 1. The molecule has 0 bridgehead atoms. The Hall–Kier alpha value is -4.28. The Bertz CT molecular complexity index is 1870. The third kappa shape index (κ3) is 7.74. The van der Waals surface area contributed by atoms with Crippen LogP contribution < -0.4 is 10.5 Å². The van der Waals surface area contributed by atoms with E-state index >= 15 is 0 Å². The van der Waals surface area contributed by atoms with E-state index in [2.05, 4.69) is 54.3 Å². The Labute approximate surface area is 279 Å². The van der Waals surface area contributed by atoms with Gasteiger partial charge in [0.25, 0.3) is 5.69 Å². The highest BCUT2D eigenvalue weighted by molar-refractivity contribution is 7.80. The molecular formula is C35H40ClN5O4S. The summed E-state index contributed by atoms with van der Waals surface area (Å²) < 4.78 is 10.2. The van der Waals surface area contributed by atoms with Crippen molar-refractivity contribution >= 4 is 46.7 Å². The topological polar surface area (TPSA) is 118 Å². The van der Waals surface area contributed by atoms with Crippen molar-refractivity contribution in [2.24, 2.45) is 12.8 Å². The summed E-state index contributed by atoms with van der Waals surface area (Å²) in [5, 5.41) is 16.7. The Morgan fingerprint density at radius 1 is 1.04 bits per heavy atom. The van der Waals surface area contributed by atoms with E-state index in [0.717, 1.165) is 73.4 Å². The summed E-state index contributed by atoms with van der Waals surface area (Å²) in [6, 6.07) is 16.4. The van der Waals surface area contributed by atoms with Gasteiger partial charge in [0.15, 0.2) is 0 Å². The largest absolute Gasteiger partial charge is 0.494 e. The predicted molar refractivity (Wildman–Crippen MR) is 187 cm³/mol. The summed E-state index contributed by atoms with van der Waals surface area (Å²) in [7, 11) is 1.97. The molecule has 0 saturated carbocycles. The Balaban J connectivity index is 0.000000409. The first kappa shape index (κ1) is 34.6. The van der Waals surface area contributed by atoms with Crippen LogP contribution >= 0.6 is 24.2 Å². The molecule has 242 valence electrons. The third-order valence-corrected chi connectivity index (χ3v) is 9.04. The van der Waals surface area contributed by atoms with Crippen LogP contribution in [0.2, 0.25) is 5.02 Å². The van der Waals surface area contributed by atoms with Crippen LogP contribution in [0.5, 0.6) is 5.75 Å². The maximum absolute atomic E-state index is 11.7. The van der Waals surface area contributed by atoms with E-state index < -0.39 is 4.92 Å². The van der Waals surface area contributed by atoms with E-state index in [0.29, 0.717) is 19.6 Å². The lowest BCUT2D eigenvalue weighted by molar-refractivity contribution is -0.384. The summed E-state index contributed by atoms with van der Waals surface area (Å²) >= 11 is 10.3. The fourth-order valence-corrected chi connectivity index (χ4v) is 6.05. The minimum Gasteiger partial charge on any atom is -0.494 e. The zero-order chi connectivity index (χ0) is 33.7. The molecule has 5 rings (SSSR count). The second-order valence-corrected chi connectivity index (χ2v) is 12.3. The van der Waals surface area contributed by atoms with Crippen LogP contribution in [0.3, 0.4) is 0 Å². The highest BCUT2D eigenvalue weighted by Gasteiger charge is 2.21. The van der Waals surface area contributed by atoms with Gasteiger partial charge >= 0.3 is 0 Å². The molecule has 1 amide bonds. The van der Waals surface area contributed by atoms with Gasteiger partial charge in [-0.25, -0.2) is 0 Å². The van der Waals surface area contributed by atoms with Crippen molar-refractivity contribution in [1.29, 1.82) is 0 Å². The number of non-ortho nitro benzene ring substituents is 1. The third-order valence-electron chi connectivity index (χ3n) is 8.14. The molecule has 3 aromatic carbocycles. The molecule has 11 heteroatoms. The Morgan fingerprint density at radius 2 is 1.70 bits per heavy atom. The molecular weight excluding hydrogens is 622 g/mol. The molecule has 46 heavy (non-hydrogen) atoms.